The Labute approximate surface area is 286 Å². The van der Waals surface area contributed by atoms with Crippen LogP contribution in [0.5, 0.6) is 5.75 Å². The fourth-order valence-electron chi connectivity index (χ4n) is 8.14. The SMILES string of the molecule is Cc1cc(C2(c3ccc(C(C)C)c(C)c3)c3ccccc3-c3ccccc32)ccc1OC(=O)C1CCCC(C(=O)OC(C)(C)C)CCC1. The smallest absolute Gasteiger partial charge is 0.314 e. The summed E-state index contributed by atoms with van der Waals surface area (Å²) >= 11 is 0. The quantitative estimate of drug-likeness (QED) is 0.137. The van der Waals surface area contributed by atoms with E-state index in [4.69, 9.17) is 9.47 Å². The van der Waals surface area contributed by atoms with Gasteiger partial charge in [-0.3, -0.25) is 9.59 Å². The molecule has 4 nitrogen and oxygen atoms in total. The molecule has 6 rings (SSSR count). The van der Waals surface area contributed by atoms with E-state index in [9.17, 15) is 9.59 Å². The van der Waals surface area contributed by atoms with Crippen LogP contribution in [0.15, 0.2) is 84.9 Å². The van der Waals surface area contributed by atoms with E-state index in [1.807, 2.05) is 33.8 Å². The van der Waals surface area contributed by atoms with Gasteiger partial charge in [0, 0.05) is 0 Å². The minimum Gasteiger partial charge on any atom is -0.460 e. The molecule has 1 saturated carbocycles. The molecule has 4 heteroatoms. The maximum Gasteiger partial charge on any atom is 0.314 e. The van der Waals surface area contributed by atoms with E-state index in [0.29, 0.717) is 11.7 Å². The van der Waals surface area contributed by atoms with Crippen LogP contribution in [0.4, 0.5) is 0 Å². The highest BCUT2D eigenvalue weighted by molar-refractivity contribution is 5.86. The molecule has 0 bridgehead atoms. The van der Waals surface area contributed by atoms with Gasteiger partial charge in [-0.05, 0) is 122 Å². The zero-order chi connectivity index (χ0) is 34.2. The zero-order valence-electron chi connectivity index (χ0n) is 29.7. The molecule has 48 heavy (non-hydrogen) atoms. The number of aryl methyl sites for hydroxylation is 2. The Morgan fingerprint density at radius 2 is 1.19 bits per heavy atom. The monoisotopic (exact) mass is 642 g/mol. The van der Waals surface area contributed by atoms with E-state index in [-0.39, 0.29) is 23.8 Å². The Hall–Kier alpha value is -4.18. The molecule has 2 aliphatic rings. The van der Waals surface area contributed by atoms with Crippen LogP contribution in [0.3, 0.4) is 0 Å². The summed E-state index contributed by atoms with van der Waals surface area (Å²) in [6.07, 6.45) is 4.54. The predicted molar refractivity (Wildman–Crippen MR) is 193 cm³/mol. The van der Waals surface area contributed by atoms with Crippen molar-refractivity contribution < 1.29 is 19.1 Å². The van der Waals surface area contributed by atoms with Crippen LogP contribution in [-0.2, 0) is 19.7 Å². The van der Waals surface area contributed by atoms with Crippen molar-refractivity contribution in [3.05, 3.63) is 124 Å². The van der Waals surface area contributed by atoms with Crippen molar-refractivity contribution in [2.75, 3.05) is 0 Å². The first-order valence-corrected chi connectivity index (χ1v) is 17.8. The summed E-state index contributed by atoms with van der Waals surface area (Å²) in [5.74, 6) is 0.492. The number of rotatable bonds is 6. The third-order valence-corrected chi connectivity index (χ3v) is 10.4. The minimum atomic E-state index is -0.509. The third-order valence-electron chi connectivity index (χ3n) is 10.4. The van der Waals surface area contributed by atoms with Crippen LogP contribution in [-0.4, -0.2) is 17.5 Å². The highest BCUT2D eigenvalue weighted by Crippen LogP contribution is 2.56. The molecule has 0 aliphatic heterocycles. The average molecular weight is 643 g/mol. The number of ether oxygens (including phenoxy) is 2. The third kappa shape index (κ3) is 6.34. The van der Waals surface area contributed by atoms with Crippen molar-refractivity contribution in [2.24, 2.45) is 11.8 Å². The summed E-state index contributed by atoms with van der Waals surface area (Å²) < 4.78 is 11.8. The molecule has 4 aromatic carbocycles. The first-order valence-electron chi connectivity index (χ1n) is 17.8. The van der Waals surface area contributed by atoms with Gasteiger partial charge in [0.2, 0.25) is 0 Å². The lowest BCUT2D eigenvalue weighted by Gasteiger charge is -2.35. The molecule has 0 heterocycles. The second-order valence-electron chi connectivity index (χ2n) is 15.3. The maximum atomic E-state index is 13.6. The molecule has 250 valence electrons. The molecule has 0 aromatic heterocycles. The topological polar surface area (TPSA) is 52.6 Å². The fourth-order valence-corrected chi connectivity index (χ4v) is 8.14. The number of hydrogen-bond donors (Lipinski definition) is 0. The van der Waals surface area contributed by atoms with Gasteiger partial charge in [0.15, 0.2) is 0 Å². The Bertz CT molecular complexity index is 1770. The maximum absolute atomic E-state index is 13.6. The van der Waals surface area contributed by atoms with Crippen LogP contribution < -0.4 is 4.74 Å². The van der Waals surface area contributed by atoms with Gasteiger partial charge in [-0.15, -0.1) is 0 Å². The van der Waals surface area contributed by atoms with E-state index in [1.54, 1.807) is 0 Å². The summed E-state index contributed by atoms with van der Waals surface area (Å²) in [5, 5.41) is 0. The van der Waals surface area contributed by atoms with E-state index < -0.39 is 11.0 Å². The van der Waals surface area contributed by atoms with Gasteiger partial charge in [-0.1, -0.05) is 106 Å². The summed E-state index contributed by atoms with van der Waals surface area (Å²) in [6, 6.07) is 30.9. The highest BCUT2D eigenvalue weighted by atomic mass is 16.6. The predicted octanol–water partition coefficient (Wildman–Crippen LogP) is 10.6. The van der Waals surface area contributed by atoms with Crippen molar-refractivity contribution in [1.29, 1.82) is 0 Å². The molecule has 4 aromatic rings. The summed E-state index contributed by atoms with van der Waals surface area (Å²) in [5.41, 5.74) is 10.1. The van der Waals surface area contributed by atoms with E-state index in [2.05, 4.69) is 99.6 Å². The van der Waals surface area contributed by atoms with Gasteiger partial charge in [0.25, 0.3) is 0 Å². The van der Waals surface area contributed by atoms with Crippen LogP contribution in [0, 0.1) is 25.7 Å². The average Bonchev–Trinajstić information content (AvgIpc) is 3.32. The number of carbonyl (C=O) groups is 2. The first-order chi connectivity index (χ1) is 22.9. The summed E-state index contributed by atoms with van der Waals surface area (Å²) in [6.45, 7) is 14.5. The second kappa shape index (κ2) is 13.4. The number of fused-ring (bicyclic) bond motifs is 3. The Morgan fingerprint density at radius 1 is 0.688 bits per heavy atom. The molecule has 0 atom stereocenters. The van der Waals surface area contributed by atoms with Gasteiger partial charge in [0.1, 0.15) is 11.4 Å². The van der Waals surface area contributed by atoms with Crippen molar-refractivity contribution in [1.82, 2.24) is 0 Å². The molecule has 0 N–H and O–H groups in total. The van der Waals surface area contributed by atoms with Crippen LogP contribution >= 0.6 is 0 Å². The number of esters is 2. The lowest BCUT2D eigenvalue weighted by atomic mass is 9.67. The lowest BCUT2D eigenvalue weighted by Crippen LogP contribution is -2.30. The van der Waals surface area contributed by atoms with E-state index in [0.717, 1.165) is 49.7 Å². The molecule has 1 fully saturated rings. The van der Waals surface area contributed by atoms with Gasteiger partial charge >= 0.3 is 11.9 Å². The van der Waals surface area contributed by atoms with Crippen LogP contribution in [0.25, 0.3) is 11.1 Å². The lowest BCUT2D eigenvalue weighted by molar-refractivity contribution is -0.160. The zero-order valence-corrected chi connectivity index (χ0v) is 29.7. The van der Waals surface area contributed by atoms with Gasteiger partial charge in [-0.25, -0.2) is 0 Å². The molecule has 0 saturated heterocycles. The molecule has 0 unspecified atom stereocenters. The molecule has 2 aliphatic carbocycles. The van der Waals surface area contributed by atoms with Crippen molar-refractivity contribution in [3.8, 4) is 16.9 Å². The van der Waals surface area contributed by atoms with E-state index >= 15 is 0 Å². The first kappa shape index (κ1) is 33.7. The van der Waals surface area contributed by atoms with Gasteiger partial charge in [0.05, 0.1) is 17.3 Å². The van der Waals surface area contributed by atoms with Crippen molar-refractivity contribution in [3.63, 3.8) is 0 Å². The van der Waals surface area contributed by atoms with Crippen LogP contribution in [0.1, 0.15) is 118 Å². The standard InChI is InChI=1S/C44H50O4/c1-28(2)35-24-22-33(26-29(35)3)44(38-20-10-8-18-36(38)37-19-9-11-21-39(37)44)34-23-25-40(30(4)27-34)47-41(45)31-14-12-16-32(17-13-15-31)42(46)48-43(5,6)7/h8-11,18-28,31-32H,12-17H2,1-7H3. The van der Waals surface area contributed by atoms with Gasteiger partial charge in [-0.2, -0.15) is 0 Å². The summed E-state index contributed by atoms with van der Waals surface area (Å²) in [7, 11) is 0. The molecule has 0 radical (unpaired) electrons. The van der Waals surface area contributed by atoms with Crippen molar-refractivity contribution in [2.45, 2.75) is 104 Å². The Balaban J connectivity index is 1.30. The van der Waals surface area contributed by atoms with E-state index in [1.165, 1.54) is 38.9 Å². The Morgan fingerprint density at radius 3 is 1.69 bits per heavy atom. The highest BCUT2D eigenvalue weighted by Gasteiger charge is 2.46. The molecule has 0 amide bonds. The number of carbonyl (C=O) groups excluding carboxylic acids is 2. The van der Waals surface area contributed by atoms with Gasteiger partial charge < -0.3 is 9.47 Å². The number of hydrogen-bond acceptors (Lipinski definition) is 4. The normalized spacial score (nSPS) is 18.8. The van der Waals surface area contributed by atoms with Crippen LogP contribution in [0.2, 0.25) is 0 Å². The molecular formula is C44H50O4. The minimum absolute atomic E-state index is 0.0977. The molecular weight excluding hydrogens is 592 g/mol. The fraction of sp³-hybridized carbons (Fsp3) is 0.409. The largest absolute Gasteiger partial charge is 0.460 e. The van der Waals surface area contributed by atoms with Crippen molar-refractivity contribution >= 4 is 11.9 Å². The summed E-state index contributed by atoms with van der Waals surface area (Å²) in [4.78, 5) is 26.2. The number of benzene rings is 4. The Kier molecular flexibility index (Phi) is 9.40. The second-order valence-corrected chi connectivity index (χ2v) is 15.3. The molecule has 0 spiro atoms.